The predicted octanol–water partition coefficient (Wildman–Crippen LogP) is 10.2. The van der Waals surface area contributed by atoms with Crippen LogP contribution in [0, 0.1) is 0 Å². The SMILES string of the molecule is C.CCSC(N)=NC(=S)Nc1ccc(N2CCN(C(C)C)CC2)cc1.COc1cccc(C(=O)CBr)c1.COc1cccc(C(=O)c2sc(Nc3ccc(N4CCN(C(C)C)CC4)cc3)nc2N)c1.P. The number of thioether (sulfide) groups is 1. The quantitative estimate of drug-likeness (QED) is 0.0207. The van der Waals surface area contributed by atoms with Gasteiger partial charge in [-0.25, -0.2) is 4.98 Å². The molecular weight excluding hydrogens is 1020 g/mol. The van der Waals surface area contributed by atoms with Crippen molar-refractivity contribution in [1.29, 1.82) is 0 Å². The van der Waals surface area contributed by atoms with Gasteiger partial charge >= 0.3 is 0 Å². The van der Waals surface area contributed by atoms with E-state index in [1.165, 1.54) is 34.5 Å². The maximum atomic E-state index is 12.9. The molecule has 14 nitrogen and oxygen atoms in total. The van der Waals surface area contributed by atoms with E-state index in [1.54, 1.807) is 56.7 Å². The third kappa shape index (κ3) is 18.1. The Morgan fingerprint density at radius 2 is 1.26 bits per heavy atom. The summed E-state index contributed by atoms with van der Waals surface area (Å²) in [5.74, 6) is 2.35. The van der Waals surface area contributed by atoms with E-state index in [-0.39, 0.29) is 34.7 Å². The molecule has 0 saturated carbocycles. The van der Waals surface area contributed by atoms with Gasteiger partial charge in [-0.1, -0.05) is 77.6 Å². The van der Waals surface area contributed by atoms with Crippen LogP contribution in [0.25, 0.3) is 0 Å². The van der Waals surface area contributed by atoms with Gasteiger partial charge in [0.15, 0.2) is 21.2 Å². The van der Waals surface area contributed by atoms with Crippen LogP contribution in [-0.4, -0.2) is 126 Å². The zero-order valence-electron chi connectivity index (χ0n) is 40.7. The molecular formula is C51H72BrN10O4PS3. The van der Waals surface area contributed by atoms with Crippen LogP contribution in [0.1, 0.15) is 67.6 Å². The van der Waals surface area contributed by atoms with Gasteiger partial charge in [-0.3, -0.25) is 19.4 Å². The highest BCUT2D eigenvalue weighted by Gasteiger charge is 2.22. The van der Waals surface area contributed by atoms with Crippen LogP contribution >= 0.6 is 61.1 Å². The molecule has 0 amide bonds. The maximum absolute atomic E-state index is 12.9. The Hall–Kier alpha value is -4.81. The van der Waals surface area contributed by atoms with Gasteiger partial charge in [-0.2, -0.15) is 14.9 Å². The average Bonchev–Trinajstić information content (AvgIpc) is 3.73. The first kappa shape index (κ1) is 59.5. The maximum Gasteiger partial charge on any atom is 0.206 e. The molecule has 380 valence electrons. The van der Waals surface area contributed by atoms with Crippen molar-refractivity contribution in [2.24, 2.45) is 10.7 Å². The number of nitrogens with one attached hydrogen (secondary N) is 2. The molecule has 2 aliphatic rings. The number of methoxy groups -OCH3 is 2. The smallest absolute Gasteiger partial charge is 0.206 e. The number of ether oxygens (including phenoxy) is 2. The number of aromatic nitrogens is 1. The lowest BCUT2D eigenvalue weighted by atomic mass is 10.1. The number of alkyl halides is 1. The molecule has 19 heteroatoms. The van der Waals surface area contributed by atoms with Crippen molar-refractivity contribution >= 4 is 117 Å². The van der Waals surface area contributed by atoms with E-state index in [4.69, 9.17) is 33.2 Å². The van der Waals surface area contributed by atoms with Crippen LogP contribution in [0.15, 0.2) is 102 Å². The fourth-order valence-electron chi connectivity index (χ4n) is 7.38. The van der Waals surface area contributed by atoms with Crippen molar-refractivity contribution in [1.82, 2.24) is 14.8 Å². The molecule has 0 aliphatic carbocycles. The Bertz CT molecular complexity index is 2430. The number of carbonyl (C=O) groups is 2. The fourth-order valence-corrected chi connectivity index (χ4v) is 9.29. The number of thiocarbonyl (C=S) groups is 1. The number of carbonyl (C=O) groups excluding carboxylic acids is 2. The molecule has 0 spiro atoms. The Balaban J connectivity index is 0.000000301. The van der Waals surface area contributed by atoms with E-state index in [9.17, 15) is 9.59 Å². The Morgan fingerprint density at radius 3 is 1.71 bits per heavy atom. The van der Waals surface area contributed by atoms with Crippen LogP contribution in [0.2, 0.25) is 0 Å². The first-order valence-corrected chi connectivity index (χ1v) is 26.0. The van der Waals surface area contributed by atoms with E-state index in [1.807, 2.05) is 37.3 Å². The van der Waals surface area contributed by atoms with Crippen LogP contribution in [-0.2, 0) is 0 Å². The van der Waals surface area contributed by atoms with Gasteiger partial charge in [0.25, 0.3) is 0 Å². The largest absolute Gasteiger partial charge is 0.497 e. The number of nitrogen functional groups attached to an aromatic ring is 1. The first-order chi connectivity index (χ1) is 32.7. The number of anilines is 6. The number of aliphatic imine (C=N–C) groups is 1. The summed E-state index contributed by atoms with van der Waals surface area (Å²) >= 11 is 11.1. The second-order valence-electron chi connectivity index (χ2n) is 16.3. The summed E-state index contributed by atoms with van der Waals surface area (Å²) in [5, 5.41) is 8.20. The Labute approximate surface area is 441 Å². The number of hydrogen-bond acceptors (Lipinski definition) is 14. The lowest BCUT2D eigenvalue weighted by Crippen LogP contribution is -2.48. The molecule has 2 saturated heterocycles. The number of thiazole rings is 1. The molecule has 3 heterocycles. The van der Waals surface area contributed by atoms with E-state index in [2.05, 4.69) is 108 Å². The lowest BCUT2D eigenvalue weighted by Gasteiger charge is -2.38. The molecule has 1 atom stereocenters. The number of rotatable bonds is 14. The van der Waals surface area contributed by atoms with Crippen molar-refractivity contribution in [2.45, 2.75) is 54.1 Å². The molecule has 4 aromatic carbocycles. The van der Waals surface area contributed by atoms with E-state index >= 15 is 0 Å². The fraction of sp³-hybridized carbons (Fsp3) is 0.392. The van der Waals surface area contributed by atoms with Gasteiger partial charge < -0.3 is 41.4 Å². The van der Waals surface area contributed by atoms with Gasteiger partial charge in [0.2, 0.25) is 5.78 Å². The van der Waals surface area contributed by atoms with Gasteiger partial charge in [-0.15, -0.1) is 0 Å². The third-order valence-electron chi connectivity index (χ3n) is 11.3. The summed E-state index contributed by atoms with van der Waals surface area (Å²) in [6.07, 6.45) is 0. The predicted molar refractivity (Wildman–Crippen MR) is 312 cm³/mol. The number of ketones is 2. The second-order valence-corrected chi connectivity index (χ2v) is 19.6. The summed E-state index contributed by atoms with van der Waals surface area (Å²) in [4.78, 5) is 42.8. The normalized spacial score (nSPS) is 13.9. The standard InChI is InChI=1S/C24H29N5O2S.C17H27N5S2.C9H9BrO2.CH4.H3P/c1-16(2)28-11-13-29(14-12-28)19-9-7-18(8-10-19)26-24-27-23(25)22(32-24)21(30)17-5-4-6-20(15-17)31-3;1-4-24-16(18)20-17(23)19-14-5-7-15(8-6-14)22-11-9-21(10-12-22)13(2)3;1-12-8-4-2-3-7(5-8)9(11)6-10;;/h4-10,15-16H,11-14,25H2,1-3H3,(H,26,27);5-8,13H,4,9-12H2,1-3H3,(H3,18,19,20,23);2-5H,6H2,1H3;1H4;1H3. The second kappa shape index (κ2) is 30.2. The Kier molecular flexibility index (Phi) is 25.6. The highest BCUT2D eigenvalue weighted by atomic mass is 79.9. The average molecular weight is 1100 g/mol. The molecule has 0 bridgehead atoms. The summed E-state index contributed by atoms with van der Waals surface area (Å²) in [6.45, 7) is 19.6. The van der Waals surface area contributed by atoms with E-state index in [0.717, 1.165) is 69.5 Å². The van der Waals surface area contributed by atoms with Gasteiger partial charge in [0.1, 0.15) is 22.2 Å². The molecule has 1 aromatic heterocycles. The van der Waals surface area contributed by atoms with Crippen LogP contribution in [0.4, 0.5) is 33.7 Å². The molecule has 6 N–H and O–H groups in total. The highest BCUT2D eigenvalue weighted by molar-refractivity contribution is 9.09. The number of hydrogen-bond donors (Lipinski definition) is 4. The third-order valence-corrected chi connectivity index (χ3v) is 13.6. The van der Waals surface area contributed by atoms with Gasteiger partial charge in [0.05, 0.1) is 19.5 Å². The summed E-state index contributed by atoms with van der Waals surface area (Å²) in [5.41, 5.74) is 17.3. The van der Waals surface area contributed by atoms with Gasteiger partial charge in [0, 0.05) is 98.3 Å². The zero-order valence-corrected chi connectivity index (χ0v) is 46.2. The van der Waals surface area contributed by atoms with E-state index < -0.39 is 0 Å². The summed E-state index contributed by atoms with van der Waals surface area (Å²) in [6, 6.07) is 32.0. The van der Waals surface area contributed by atoms with Gasteiger partial charge in [-0.05, 0) is 118 Å². The minimum atomic E-state index is -0.164. The minimum Gasteiger partial charge on any atom is -0.497 e. The molecule has 7 rings (SSSR count). The molecule has 2 fully saturated rings. The van der Waals surface area contributed by atoms with Crippen molar-refractivity contribution in [3.63, 3.8) is 0 Å². The molecule has 1 unspecified atom stereocenters. The van der Waals surface area contributed by atoms with Crippen LogP contribution in [0.5, 0.6) is 11.5 Å². The molecule has 0 radical (unpaired) electrons. The van der Waals surface area contributed by atoms with Crippen molar-refractivity contribution in [3.05, 3.63) is 113 Å². The highest BCUT2D eigenvalue weighted by Crippen LogP contribution is 2.31. The Morgan fingerprint density at radius 1 is 0.786 bits per heavy atom. The number of nitrogens with zero attached hydrogens (tertiary/aromatic N) is 6. The lowest BCUT2D eigenvalue weighted by molar-refractivity contribution is 0.102. The van der Waals surface area contributed by atoms with Crippen molar-refractivity contribution < 1.29 is 19.1 Å². The topological polar surface area (TPSA) is 167 Å². The number of piperazine rings is 2. The number of halogens is 1. The number of amidine groups is 1. The number of nitrogens with two attached hydrogens (primary N) is 2. The van der Waals surface area contributed by atoms with Crippen molar-refractivity contribution in [2.75, 3.05) is 104 Å². The summed E-state index contributed by atoms with van der Waals surface area (Å²) < 4.78 is 10.2. The number of benzene rings is 4. The monoisotopic (exact) mass is 1090 g/mol. The molecule has 70 heavy (non-hydrogen) atoms. The summed E-state index contributed by atoms with van der Waals surface area (Å²) in [7, 11) is 3.15. The van der Waals surface area contributed by atoms with Crippen molar-refractivity contribution in [3.8, 4) is 11.5 Å². The molecule has 5 aromatic rings. The zero-order chi connectivity index (χ0) is 49.2. The first-order valence-electron chi connectivity index (χ1n) is 22.6. The minimum absolute atomic E-state index is 0. The van der Waals surface area contributed by atoms with E-state index in [0.29, 0.717) is 60.3 Å². The van der Waals surface area contributed by atoms with Crippen LogP contribution in [0.3, 0.4) is 0 Å². The van der Waals surface area contributed by atoms with Crippen LogP contribution < -0.4 is 41.4 Å². The molecule has 2 aliphatic heterocycles. The number of Topliss-reactive ketones (excluding diaryl/α,β-unsaturated/α-hetero) is 1.